The van der Waals surface area contributed by atoms with E-state index in [4.69, 9.17) is 13.7 Å². The predicted octanol–water partition coefficient (Wildman–Crippen LogP) is 2.58. The van der Waals surface area contributed by atoms with Crippen LogP contribution in [0.4, 0.5) is 5.69 Å². The second kappa shape index (κ2) is 7.24. The molecule has 8 heteroatoms. The molecule has 3 aromatic rings. The van der Waals surface area contributed by atoms with Gasteiger partial charge < -0.3 is 18.6 Å². The minimum Gasteiger partial charge on any atom is -0.497 e. The predicted molar refractivity (Wildman–Crippen MR) is 97.2 cm³/mol. The van der Waals surface area contributed by atoms with Crippen LogP contribution in [0, 0.1) is 0 Å². The third kappa shape index (κ3) is 3.43. The molecule has 1 aromatic carbocycles. The number of hydrogen-bond acceptors (Lipinski definition) is 7. The molecular formula is C19H20N4O4. The molecule has 0 unspecified atom stereocenters. The summed E-state index contributed by atoms with van der Waals surface area (Å²) in [5.41, 5.74) is 0.868. The van der Waals surface area contributed by atoms with Crippen molar-refractivity contribution in [1.29, 1.82) is 0 Å². The second-order valence-corrected chi connectivity index (χ2v) is 6.33. The Labute approximate surface area is 156 Å². The van der Waals surface area contributed by atoms with Crippen molar-refractivity contribution >= 4 is 11.6 Å². The van der Waals surface area contributed by atoms with Gasteiger partial charge in [-0.3, -0.25) is 9.69 Å². The number of amides is 1. The average Bonchev–Trinajstić information content (AvgIpc) is 3.37. The van der Waals surface area contributed by atoms with Crippen LogP contribution in [0.15, 0.2) is 51.6 Å². The first-order valence-corrected chi connectivity index (χ1v) is 8.71. The number of ether oxygens (including phenoxy) is 1. The Kier molecular flexibility index (Phi) is 4.64. The maximum Gasteiger partial charge on any atom is 0.293 e. The fourth-order valence-corrected chi connectivity index (χ4v) is 3.15. The van der Waals surface area contributed by atoms with Crippen molar-refractivity contribution in [3.05, 3.63) is 48.5 Å². The normalized spacial score (nSPS) is 18.1. The van der Waals surface area contributed by atoms with Gasteiger partial charge in [0.2, 0.25) is 5.91 Å². The number of rotatable bonds is 5. The average molecular weight is 368 g/mol. The number of furan rings is 1. The standard InChI is InChI=1S/C19H20N4O4/c1-13-19(24)23(14-5-7-15(25-2)8-6-14)10-9-22(13)12-17-20-18(27-21-17)16-4-3-11-26-16/h3-8,11,13H,9-10,12H2,1-2H3/t13-/m0/s1. The van der Waals surface area contributed by atoms with E-state index in [1.54, 1.807) is 30.4 Å². The van der Waals surface area contributed by atoms with E-state index >= 15 is 0 Å². The van der Waals surface area contributed by atoms with Crippen LogP contribution in [0.2, 0.25) is 0 Å². The van der Waals surface area contributed by atoms with E-state index < -0.39 is 0 Å². The van der Waals surface area contributed by atoms with Gasteiger partial charge >= 0.3 is 0 Å². The molecule has 1 aliphatic heterocycles. The summed E-state index contributed by atoms with van der Waals surface area (Å²) in [5.74, 6) is 2.20. The van der Waals surface area contributed by atoms with Crippen molar-refractivity contribution < 1.29 is 18.5 Å². The van der Waals surface area contributed by atoms with Gasteiger partial charge in [0.1, 0.15) is 5.75 Å². The molecule has 0 spiro atoms. The molecule has 1 amide bonds. The monoisotopic (exact) mass is 368 g/mol. The Hall–Kier alpha value is -3.13. The molecule has 0 saturated carbocycles. The number of aromatic nitrogens is 2. The highest BCUT2D eigenvalue weighted by Gasteiger charge is 2.33. The second-order valence-electron chi connectivity index (χ2n) is 6.33. The first-order valence-electron chi connectivity index (χ1n) is 8.71. The van der Waals surface area contributed by atoms with E-state index in [0.29, 0.717) is 37.1 Å². The fraction of sp³-hybridized carbons (Fsp3) is 0.316. The summed E-state index contributed by atoms with van der Waals surface area (Å²) in [5, 5.41) is 4.00. The SMILES string of the molecule is COc1ccc(N2CCN(Cc3noc(-c4ccco4)n3)[C@@H](C)C2=O)cc1. The molecule has 2 aromatic heterocycles. The van der Waals surface area contributed by atoms with Gasteiger partial charge in [-0.15, -0.1) is 0 Å². The van der Waals surface area contributed by atoms with Crippen molar-refractivity contribution in [3.63, 3.8) is 0 Å². The minimum absolute atomic E-state index is 0.0427. The number of anilines is 1. The number of piperazine rings is 1. The smallest absolute Gasteiger partial charge is 0.293 e. The van der Waals surface area contributed by atoms with Crippen LogP contribution >= 0.6 is 0 Å². The van der Waals surface area contributed by atoms with Crippen LogP contribution in [-0.4, -0.2) is 47.2 Å². The van der Waals surface area contributed by atoms with Crippen LogP contribution in [0.1, 0.15) is 12.7 Å². The molecule has 4 rings (SSSR count). The van der Waals surface area contributed by atoms with E-state index in [9.17, 15) is 4.79 Å². The van der Waals surface area contributed by atoms with Crippen LogP contribution in [0.5, 0.6) is 5.75 Å². The van der Waals surface area contributed by atoms with Crippen molar-refractivity contribution in [2.45, 2.75) is 19.5 Å². The molecule has 1 saturated heterocycles. The molecule has 1 aliphatic rings. The van der Waals surface area contributed by atoms with Gasteiger partial charge in [-0.2, -0.15) is 4.98 Å². The summed E-state index contributed by atoms with van der Waals surface area (Å²) in [6.07, 6.45) is 1.55. The van der Waals surface area contributed by atoms with Crippen molar-refractivity contribution in [3.8, 4) is 17.4 Å². The third-order valence-corrected chi connectivity index (χ3v) is 4.71. The number of nitrogens with zero attached hydrogens (tertiary/aromatic N) is 4. The molecule has 8 nitrogen and oxygen atoms in total. The molecular weight excluding hydrogens is 348 g/mol. The molecule has 1 fully saturated rings. The lowest BCUT2D eigenvalue weighted by molar-refractivity contribution is -0.125. The zero-order chi connectivity index (χ0) is 18.8. The summed E-state index contributed by atoms with van der Waals surface area (Å²) in [7, 11) is 1.62. The number of methoxy groups -OCH3 is 1. The summed E-state index contributed by atoms with van der Waals surface area (Å²) in [4.78, 5) is 21.0. The van der Waals surface area contributed by atoms with E-state index in [0.717, 1.165) is 11.4 Å². The van der Waals surface area contributed by atoms with Crippen molar-refractivity contribution in [2.75, 3.05) is 25.1 Å². The maximum absolute atomic E-state index is 12.8. The zero-order valence-corrected chi connectivity index (χ0v) is 15.2. The van der Waals surface area contributed by atoms with Gasteiger partial charge in [0, 0.05) is 18.8 Å². The van der Waals surface area contributed by atoms with E-state index in [2.05, 4.69) is 10.1 Å². The number of carbonyl (C=O) groups is 1. The van der Waals surface area contributed by atoms with Gasteiger partial charge in [-0.25, -0.2) is 0 Å². The van der Waals surface area contributed by atoms with Gasteiger partial charge in [0.05, 0.1) is 26.0 Å². The molecule has 0 aliphatic carbocycles. The van der Waals surface area contributed by atoms with Crippen molar-refractivity contribution in [2.24, 2.45) is 0 Å². The maximum atomic E-state index is 12.8. The quantitative estimate of drug-likeness (QED) is 0.684. The summed E-state index contributed by atoms with van der Waals surface area (Å²) in [6.45, 7) is 3.64. The molecule has 27 heavy (non-hydrogen) atoms. The summed E-state index contributed by atoms with van der Waals surface area (Å²) >= 11 is 0. The summed E-state index contributed by atoms with van der Waals surface area (Å²) < 4.78 is 15.7. The number of hydrogen-bond donors (Lipinski definition) is 0. The third-order valence-electron chi connectivity index (χ3n) is 4.71. The highest BCUT2D eigenvalue weighted by Crippen LogP contribution is 2.24. The van der Waals surface area contributed by atoms with Crippen LogP contribution < -0.4 is 9.64 Å². The molecule has 1 atom stereocenters. The van der Waals surface area contributed by atoms with Gasteiger partial charge in [-0.05, 0) is 43.3 Å². The highest BCUT2D eigenvalue weighted by atomic mass is 16.5. The van der Waals surface area contributed by atoms with Crippen LogP contribution in [-0.2, 0) is 11.3 Å². The highest BCUT2D eigenvalue weighted by molar-refractivity contribution is 5.97. The largest absolute Gasteiger partial charge is 0.497 e. The Morgan fingerprint density at radius 1 is 1.22 bits per heavy atom. The van der Waals surface area contributed by atoms with E-state index in [1.165, 1.54) is 0 Å². The van der Waals surface area contributed by atoms with Crippen molar-refractivity contribution in [1.82, 2.24) is 15.0 Å². The lowest BCUT2D eigenvalue weighted by Crippen LogP contribution is -2.55. The van der Waals surface area contributed by atoms with Gasteiger partial charge in [0.15, 0.2) is 11.6 Å². The van der Waals surface area contributed by atoms with E-state index in [1.807, 2.05) is 36.1 Å². The number of benzene rings is 1. The lowest BCUT2D eigenvalue weighted by Gasteiger charge is -2.38. The van der Waals surface area contributed by atoms with Gasteiger partial charge in [0.25, 0.3) is 5.89 Å². The number of carbonyl (C=O) groups excluding carboxylic acids is 1. The molecule has 0 radical (unpaired) electrons. The Bertz CT molecular complexity index is 904. The zero-order valence-electron chi connectivity index (χ0n) is 15.2. The molecule has 0 bridgehead atoms. The van der Waals surface area contributed by atoms with Gasteiger partial charge in [-0.1, -0.05) is 5.16 Å². The minimum atomic E-state index is -0.286. The Morgan fingerprint density at radius 2 is 2.04 bits per heavy atom. The fourth-order valence-electron chi connectivity index (χ4n) is 3.15. The lowest BCUT2D eigenvalue weighted by atomic mass is 10.1. The summed E-state index contributed by atoms with van der Waals surface area (Å²) in [6, 6.07) is 10.7. The molecule has 3 heterocycles. The van der Waals surface area contributed by atoms with Crippen LogP contribution in [0.25, 0.3) is 11.7 Å². The first-order chi connectivity index (χ1) is 13.2. The molecule has 0 N–H and O–H groups in total. The first kappa shape index (κ1) is 17.3. The Balaban J connectivity index is 1.43. The van der Waals surface area contributed by atoms with Crippen LogP contribution in [0.3, 0.4) is 0 Å². The van der Waals surface area contributed by atoms with E-state index in [-0.39, 0.29) is 11.9 Å². The Morgan fingerprint density at radius 3 is 2.74 bits per heavy atom. The topological polar surface area (TPSA) is 84.8 Å². The molecule has 140 valence electrons.